The molecule has 0 amide bonds. The van der Waals surface area contributed by atoms with Gasteiger partial charge in [-0.25, -0.2) is 0 Å². The number of carbonyl (C=O) groups is 1. The minimum atomic E-state index is -0.376. The molecule has 5 nitrogen and oxygen atoms in total. The zero-order valence-corrected chi connectivity index (χ0v) is 17.8. The minimum Gasteiger partial charge on any atom is -0.493 e. The fourth-order valence-electron chi connectivity index (χ4n) is 3.66. The summed E-state index contributed by atoms with van der Waals surface area (Å²) in [5, 5.41) is 0. The van der Waals surface area contributed by atoms with Crippen molar-refractivity contribution in [2.75, 3.05) is 13.7 Å². The predicted molar refractivity (Wildman–Crippen MR) is 120 cm³/mol. The molecule has 1 aliphatic rings. The summed E-state index contributed by atoms with van der Waals surface area (Å²) in [6.45, 7) is 2.66. The SMILES string of the molecule is COc1cc2c(cc1OC(C)=O)C(Cc1ccc(OCc3ccccc3)cc1)=NCC2. The van der Waals surface area contributed by atoms with E-state index in [-0.39, 0.29) is 5.97 Å². The lowest BCUT2D eigenvalue weighted by molar-refractivity contribution is -0.132. The smallest absolute Gasteiger partial charge is 0.308 e. The van der Waals surface area contributed by atoms with Crippen LogP contribution in [0.25, 0.3) is 0 Å². The third-order valence-corrected chi connectivity index (χ3v) is 5.18. The Balaban J connectivity index is 1.48. The fraction of sp³-hybridized carbons (Fsp3) is 0.231. The van der Waals surface area contributed by atoms with E-state index >= 15 is 0 Å². The number of hydrogen-bond acceptors (Lipinski definition) is 5. The highest BCUT2D eigenvalue weighted by Crippen LogP contribution is 2.33. The molecular weight excluding hydrogens is 390 g/mol. The summed E-state index contributed by atoms with van der Waals surface area (Å²) < 4.78 is 16.6. The standard InChI is InChI=1S/C26H25NO4/c1-18(28)31-26-16-23-21(15-25(26)29-2)12-13-27-24(23)14-19-8-10-22(11-9-19)30-17-20-6-4-3-5-7-20/h3-11,15-16H,12-14,17H2,1-2H3. The van der Waals surface area contributed by atoms with Crippen LogP contribution in [0.3, 0.4) is 0 Å². The Morgan fingerprint density at radius 3 is 2.45 bits per heavy atom. The number of fused-ring (bicyclic) bond motifs is 1. The molecule has 0 aromatic heterocycles. The van der Waals surface area contributed by atoms with E-state index in [0.29, 0.717) is 24.5 Å². The monoisotopic (exact) mass is 415 g/mol. The summed E-state index contributed by atoms with van der Waals surface area (Å²) >= 11 is 0. The number of aliphatic imine (C=N–C) groups is 1. The third-order valence-electron chi connectivity index (χ3n) is 5.18. The molecular formula is C26H25NO4. The van der Waals surface area contributed by atoms with Gasteiger partial charge in [0, 0.05) is 31.2 Å². The Hall–Kier alpha value is -3.60. The van der Waals surface area contributed by atoms with Crippen LogP contribution in [-0.4, -0.2) is 25.3 Å². The van der Waals surface area contributed by atoms with E-state index in [0.717, 1.165) is 46.7 Å². The highest BCUT2D eigenvalue weighted by molar-refractivity contribution is 6.04. The van der Waals surface area contributed by atoms with E-state index in [1.807, 2.05) is 54.6 Å². The van der Waals surface area contributed by atoms with E-state index in [1.165, 1.54) is 6.92 Å². The van der Waals surface area contributed by atoms with Gasteiger partial charge < -0.3 is 14.2 Å². The van der Waals surface area contributed by atoms with Crippen LogP contribution in [0.4, 0.5) is 0 Å². The van der Waals surface area contributed by atoms with Gasteiger partial charge in [-0.2, -0.15) is 0 Å². The first-order chi connectivity index (χ1) is 15.1. The summed E-state index contributed by atoms with van der Waals surface area (Å²) in [5.41, 5.74) is 5.42. The zero-order valence-electron chi connectivity index (χ0n) is 17.8. The van der Waals surface area contributed by atoms with E-state index in [4.69, 9.17) is 19.2 Å². The van der Waals surface area contributed by atoms with Gasteiger partial charge in [-0.15, -0.1) is 0 Å². The molecule has 1 aliphatic heterocycles. The van der Waals surface area contributed by atoms with Crippen LogP contribution in [0, 0.1) is 0 Å². The molecule has 5 heteroatoms. The number of nitrogens with zero attached hydrogens (tertiary/aromatic N) is 1. The van der Waals surface area contributed by atoms with Crippen LogP contribution in [-0.2, 0) is 24.2 Å². The molecule has 3 aromatic carbocycles. The summed E-state index contributed by atoms with van der Waals surface area (Å²) in [5.74, 6) is 1.45. The number of benzene rings is 3. The van der Waals surface area contributed by atoms with Crippen LogP contribution in [0.1, 0.15) is 29.2 Å². The molecule has 1 heterocycles. The quantitative estimate of drug-likeness (QED) is 0.411. The average Bonchev–Trinajstić information content (AvgIpc) is 2.79. The molecule has 31 heavy (non-hydrogen) atoms. The van der Waals surface area contributed by atoms with Crippen molar-refractivity contribution < 1.29 is 19.0 Å². The summed E-state index contributed by atoms with van der Waals surface area (Å²) in [6.07, 6.45) is 1.53. The second-order valence-electron chi connectivity index (χ2n) is 7.43. The average molecular weight is 415 g/mol. The summed E-state index contributed by atoms with van der Waals surface area (Å²) in [7, 11) is 1.58. The second kappa shape index (κ2) is 9.47. The highest BCUT2D eigenvalue weighted by atomic mass is 16.6. The zero-order chi connectivity index (χ0) is 21.6. The first-order valence-electron chi connectivity index (χ1n) is 10.3. The van der Waals surface area contributed by atoms with Crippen molar-refractivity contribution in [2.24, 2.45) is 4.99 Å². The number of esters is 1. The fourth-order valence-corrected chi connectivity index (χ4v) is 3.66. The van der Waals surface area contributed by atoms with Crippen molar-refractivity contribution in [2.45, 2.75) is 26.4 Å². The van der Waals surface area contributed by atoms with E-state index in [9.17, 15) is 4.79 Å². The Kier molecular flexibility index (Phi) is 6.32. The van der Waals surface area contributed by atoms with Gasteiger partial charge in [0.05, 0.1) is 7.11 Å². The van der Waals surface area contributed by atoms with Gasteiger partial charge in [0.15, 0.2) is 11.5 Å². The molecule has 0 bridgehead atoms. The van der Waals surface area contributed by atoms with Crippen molar-refractivity contribution in [3.05, 3.63) is 89.0 Å². The molecule has 0 unspecified atom stereocenters. The van der Waals surface area contributed by atoms with Gasteiger partial charge in [-0.1, -0.05) is 42.5 Å². The number of ether oxygens (including phenoxy) is 3. The number of hydrogen-bond donors (Lipinski definition) is 0. The van der Waals surface area contributed by atoms with E-state index in [1.54, 1.807) is 7.11 Å². The first kappa shape index (κ1) is 20.7. The molecule has 0 saturated heterocycles. The maximum Gasteiger partial charge on any atom is 0.308 e. The molecule has 0 atom stereocenters. The van der Waals surface area contributed by atoms with Crippen molar-refractivity contribution in [1.29, 1.82) is 0 Å². The third kappa shape index (κ3) is 5.12. The second-order valence-corrected chi connectivity index (χ2v) is 7.43. The van der Waals surface area contributed by atoms with Crippen molar-refractivity contribution in [3.63, 3.8) is 0 Å². The molecule has 158 valence electrons. The van der Waals surface area contributed by atoms with Gasteiger partial charge in [-0.3, -0.25) is 9.79 Å². The minimum absolute atomic E-state index is 0.376. The number of carbonyl (C=O) groups excluding carboxylic acids is 1. The van der Waals surface area contributed by atoms with E-state index < -0.39 is 0 Å². The van der Waals surface area contributed by atoms with Gasteiger partial charge in [0.2, 0.25) is 0 Å². The largest absolute Gasteiger partial charge is 0.493 e. The number of methoxy groups -OCH3 is 1. The molecule has 4 rings (SSSR count). The van der Waals surface area contributed by atoms with Crippen LogP contribution < -0.4 is 14.2 Å². The van der Waals surface area contributed by atoms with Crippen LogP contribution in [0.15, 0.2) is 71.7 Å². The van der Waals surface area contributed by atoms with Gasteiger partial charge >= 0.3 is 5.97 Å². The van der Waals surface area contributed by atoms with E-state index in [2.05, 4.69) is 12.1 Å². The normalized spacial score (nSPS) is 12.5. The summed E-state index contributed by atoms with van der Waals surface area (Å²) in [6, 6.07) is 22.0. The van der Waals surface area contributed by atoms with Gasteiger partial charge in [-0.05, 0) is 47.4 Å². The first-order valence-corrected chi connectivity index (χ1v) is 10.3. The Bertz CT molecular complexity index is 1090. The molecule has 3 aromatic rings. The van der Waals surface area contributed by atoms with Gasteiger partial charge in [0.1, 0.15) is 12.4 Å². The molecule has 0 fully saturated rings. The van der Waals surface area contributed by atoms with Crippen LogP contribution in [0.5, 0.6) is 17.2 Å². The molecule has 0 N–H and O–H groups in total. The lowest BCUT2D eigenvalue weighted by atomic mass is 9.93. The maximum atomic E-state index is 11.5. The van der Waals surface area contributed by atoms with Crippen molar-refractivity contribution in [3.8, 4) is 17.2 Å². The lowest BCUT2D eigenvalue weighted by Gasteiger charge is -2.20. The topological polar surface area (TPSA) is 57.1 Å². The summed E-state index contributed by atoms with van der Waals surface area (Å²) in [4.78, 5) is 16.2. The Morgan fingerprint density at radius 1 is 0.968 bits per heavy atom. The van der Waals surface area contributed by atoms with Crippen LogP contribution >= 0.6 is 0 Å². The Labute approximate surface area is 182 Å². The van der Waals surface area contributed by atoms with Crippen LogP contribution in [0.2, 0.25) is 0 Å². The lowest BCUT2D eigenvalue weighted by Crippen LogP contribution is -2.16. The maximum absolute atomic E-state index is 11.5. The highest BCUT2D eigenvalue weighted by Gasteiger charge is 2.19. The number of rotatable bonds is 7. The molecule has 0 spiro atoms. The molecule has 0 saturated carbocycles. The Morgan fingerprint density at radius 2 is 1.74 bits per heavy atom. The molecule has 0 radical (unpaired) electrons. The molecule has 0 aliphatic carbocycles. The predicted octanol–water partition coefficient (Wildman–Crippen LogP) is 4.79. The van der Waals surface area contributed by atoms with Crippen molar-refractivity contribution >= 4 is 11.7 Å². The van der Waals surface area contributed by atoms with Crippen molar-refractivity contribution in [1.82, 2.24) is 0 Å². The van der Waals surface area contributed by atoms with Gasteiger partial charge in [0.25, 0.3) is 0 Å².